The molecule has 0 spiro atoms. The quantitative estimate of drug-likeness (QED) is 0.198. The summed E-state index contributed by atoms with van der Waals surface area (Å²) >= 11 is 0. The summed E-state index contributed by atoms with van der Waals surface area (Å²) in [4.78, 5) is 66.1. The van der Waals surface area contributed by atoms with E-state index in [4.69, 9.17) is 19.2 Å². The van der Waals surface area contributed by atoms with Crippen molar-refractivity contribution in [1.29, 1.82) is 0 Å². The molecule has 4 aliphatic heterocycles. The first-order valence-electron chi connectivity index (χ1n) is 23.4. The van der Waals surface area contributed by atoms with Gasteiger partial charge in [-0.25, -0.2) is 5.43 Å². The Balaban J connectivity index is 1.19. The van der Waals surface area contributed by atoms with Gasteiger partial charge in [-0.2, -0.15) is 0 Å². The molecule has 2 aromatic carbocycles. The summed E-state index contributed by atoms with van der Waals surface area (Å²) < 4.78 is 20.1. The Bertz CT molecular complexity index is 2430. The molecule has 6 bridgehead atoms. The fourth-order valence-corrected chi connectivity index (χ4v) is 10.8. The molecule has 0 aliphatic carbocycles. The molecule has 14 heteroatoms. The van der Waals surface area contributed by atoms with Crippen molar-refractivity contribution in [2.45, 2.75) is 104 Å². The normalized spacial score (nSPS) is 24.6. The smallest absolute Gasteiger partial charge is 0.324 e. The summed E-state index contributed by atoms with van der Waals surface area (Å²) in [6.07, 6.45) is 3.41. The summed E-state index contributed by atoms with van der Waals surface area (Å²) in [5.74, 6) is -1.76. The Labute approximate surface area is 383 Å². The number of likely N-dealkylation sites (tertiary alicyclic amines) is 1. The van der Waals surface area contributed by atoms with E-state index in [1.54, 1.807) is 25.3 Å². The number of fused-ring (bicyclic) bond motifs is 7. The number of nitrogens with zero attached hydrogens (tertiary/aromatic N) is 5. The highest BCUT2D eigenvalue weighted by Crippen LogP contribution is 2.42. The highest BCUT2D eigenvalue weighted by Gasteiger charge is 2.49. The minimum Gasteiger partial charge on any atom is -0.464 e. The van der Waals surface area contributed by atoms with Gasteiger partial charge in [-0.05, 0) is 92.6 Å². The van der Waals surface area contributed by atoms with Crippen molar-refractivity contribution in [3.8, 4) is 22.4 Å². The zero-order valence-corrected chi connectivity index (χ0v) is 39.6. The molecule has 2 N–H and O–H groups in total. The number of benzene rings is 2. The van der Waals surface area contributed by atoms with Crippen LogP contribution in [0.15, 0.2) is 60.8 Å². The second kappa shape index (κ2) is 19.0. The molecule has 6 unspecified atom stereocenters. The van der Waals surface area contributed by atoms with Crippen LogP contribution in [0.2, 0.25) is 0 Å². The third kappa shape index (κ3) is 9.19. The Morgan fingerprint density at radius 1 is 1.06 bits per heavy atom. The molecular formula is C51H67N7O7. The molecule has 3 saturated heterocycles. The number of hydrazine groups is 1. The van der Waals surface area contributed by atoms with Crippen molar-refractivity contribution in [2.75, 3.05) is 54.1 Å². The zero-order valence-electron chi connectivity index (χ0n) is 39.6. The minimum absolute atomic E-state index is 0.0666. The van der Waals surface area contributed by atoms with E-state index in [0.29, 0.717) is 52.1 Å². The monoisotopic (exact) mass is 890 g/mol. The van der Waals surface area contributed by atoms with E-state index in [-0.39, 0.29) is 54.7 Å². The number of likely N-dealkylation sites (N-methyl/N-ethyl adjacent to an activating group) is 2. The Kier molecular flexibility index (Phi) is 13.5. The molecule has 0 saturated carbocycles. The minimum atomic E-state index is -1.01. The topological polar surface area (TPSA) is 148 Å². The van der Waals surface area contributed by atoms with Gasteiger partial charge in [0.15, 0.2) is 0 Å². The van der Waals surface area contributed by atoms with E-state index in [1.165, 1.54) is 5.01 Å². The van der Waals surface area contributed by atoms with Crippen molar-refractivity contribution in [2.24, 2.45) is 23.2 Å². The fourth-order valence-electron chi connectivity index (χ4n) is 10.8. The average Bonchev–Trinajstić information content (AvgIpc) is 4.00. The molecule has 8 rings (SSSR count). The molecule has 6 heterocycles. The summed E-state index contributed by atoms with van der Waals surface area (Å²) in [6.45, 7) is 15.2. The van der Waals surface area contributed by atoms with Gasteiger partial charge in [-0.3, -0.25) is 34.1 Å². The first-order chi connectivity index (χ1) is 31.1. The van der Waals surface area contributed by atoms with Crippen LogP contribution in [0, 0.1) is 23.2 Å². The number of cyclic esters (lactones) is 1. The van der Waals surface area contributed by atoms with Gasteiger partial charge in [0.05, 0.1) is 43.2 Å². The first-order valence-corrected chi connectivity index (χ1v) is 23.4. The maximum Gasteiger partial charge on any atom is 0.324 e. The number of methoxy groups -OCH3 is 1. The number of carbonyl (C=O) groups excluding carboxylic acids is 4. The van der Waals surface area contributed by atoms with Gasteiger partial charge in [0.2, 0.25) is 11.8 Å². The van der Waals surface area contributed by atoms with Crippen LogP contribution in [0.4, 0.5) is 0 Å². The van der Waals surface area contributed by atoms with Crippen LogP contribution >= 0.6 is 0 Å². The van der Waals surface area contributed by atoms with E-state index in [1.807, 2.05) is 46.0 Å². The number of nitrogens with one attached hydrogen (secondary N) is 2. The number of aromatic nitrogens is 2. The summed E-state index contributed by atoms with van der Waals surface area (Å²) in [6, 6.07) is 16.4. The van der Waals surface area contributed by atoms with Gasteiger partial charge in [-0.1, -0.05) is 58.0 Å². The predicted octanol–water partition coefficient (Wildman–Crippen LogP) is 5.81. The summed E-state index contributed by atoms with van der Waals surface area (Å²) in [7, 11) is 5.41. The Hall–Kier alpha value is -5.15. The zero-order chi connectivity index (χ0) is 46.3. The molecule has 3 fully saturated rings. The van der Waals surface area contributed by atoms with Crippen molar-refractivity contribution < 1.29 is 33.4 Å². The molecule has 348 valence electrons. The van der Waals surface area contributed by atoms with Crippen molar-refractivity contribution in [1.82, 2.24) is 35.1 Å². The molecule has 14 nitrogen and oxygen atoms in total. The first kappa shape index (κ1) is 46.4. The standard InChI is InChI=1S/C51H67N7O7/c1-10-57-42-19-18-34-24-36(42)37(46(57)35-16-12-20-52-44(35)31(4)63-9)25-51(5,6)29-65-50(62)40-17-13-21-58(54-40)49(61)41(23-32-14-11-15-33(34)22-32)53-47(59)45(30(2)3)56(8)48(60)38-26-55(7)43-28-64-27-39(38)43/h11-12,14-16,18-20,22,24,30-31,38-41,43,45,54H,10,13,17,21,23,25-29H2,1-9H3,(H,53,59)/t31?,38?,39?,40-,41?,43?,45?/m0/s1. The average molecular weight is 890 g/mol. The van der Waals surface area contributed by atoms with Crippen molar-refractivity contribution >= 4 is 34.6 Å². The van der Waals surface area contributed by atoms with E-state index < -0.39 is 35.4 Å². The largest absolute Gasteiger partial charge is 0.464 e. The third-order valence-corrected chi connectivity index (χ3v) is 14.3. The molecule has 4 aliphatic rings. The summed E-state index contributed by atoms with van der Waals surface area (Å²) in [5, 5.41) is 5.68. The highest BCUT2D eigenvalue weighted by atomic mass is 16.5. The van der Waals surface area contributed by atoms with Crippen LogP contribution in [0.1, 0.15) is 77.3 Å². The highest BCUT2D eigenvalue weighted by molar-refractivity contribution is 5.96. The van der Waals surface area contributed by atoms with Gasteiger partial charge >= 0.3 is 5.97 Å². The second-order valence-electron chi connectivity index (χ2n) is 19.8. The molecule has 7 atom stereocenters. The lowest BCUT2D eigenvalue weighted by Crippen LogP contribution is -2.62. The maximum absolute atomic E-state index is 14.7. The number of esters is 1. The van der Waals surface area contributed by atoms with Gasteiger partial charge < -0.3 is 29.0 Å². The molecule has 4 aromatic rings. The van der Waals surface area contributed by atoms with Crippen molar-refractivity contribution in [3.63, 3.8) is 0 Å². The van der Waals surface area contributed by atoms with Crippen LogP contribution in [0.25, 0.3) is 33.3 Å². The van der Waals surface area contributed by atoms with Crippen LogP contribution in [0.3, 0.4) is 0 Å². The van der Waals surface area contributed by atoms with E-state index >= 15 is 0 Å². The number of aryl methyl sites for hydroxylation is 1. The molecule has 65 heavy (non-hydrogen) atoms. The Morgan fingerprint density at radius 3 is 2.60 bits per heavy atom. The van der Waals surface area contributed by atoms with E-state index in [2.05, 4.69) is 77.4 Å². The van der Waals surface area contributed by atoms with E-state index in [9.17, 15) is 19.2 Å². The summed E-state index contributed by atoms with van der Waals surface area (Å²) in [5.41, 5.74) is 10.7. The SMILES string of the molecule is CCn1c(-c2cccnc2C(C)OC)c2c3cc(ccc31)-c1cccc(c1)CC(NC(=O)C(C(C)C)N(C)C(=O)C1CN(C)C3COCC13)C(=O)N1CCC[C@H](N1)C(=O)OCC(C)(C)C2. The lowest BCUT2D eigenvalue weighted by Gasteiger charge is -2.37. The molecule has 3 amide bonds. The maximum atomic E-state index is 14.7. The third-order valence-electron chi connectivity index (χ3n) is 14.3. The Morgan fingerprint density at radius 2 is 1.85 bits per heavy atom. The fraction of sp³-hybridized carbons (Fsp3) is 0.549. The second-order valence-corrected chi connectivity index (χ2v) is 19.8. The number of hydrogen-bond donors (Lipinski definition) is 2. The number of ether oxygens (including phenoxy) is 3. The number of amides is 3. The van der Waals surface area contributed by atoms with E-state index in [0.717, 1.165) is 50.1 Å². The number of rotatable bonds is 9. The lowest BCUT2D eigenvalue weighted by atomic mass is 9.84. The number of carbonyl (C=O) groups is 4. The van der Waals surface area contributed by atoms with Gasteiger partial charge in [0.1, 0.15) is 18.1 Å². The van der Waals surface area contributed by atoms with Crippen LogP contribution < -0.4 is 10.7 Å². The lowest BCUT2D eigenvalue weighted by molar-refractivity contribution is -0.155. The molecule has 2 aromatic heterocycles. The predicted molar refractivity (Wildman–Crippen MR) is 249 cm³/mol. The van der Waals surface area contributed by atoms with Gasteiger partial charge in [0, 0.05) is 80.3 Å². The molecule has 0 radical (unpaired) electrons. The molecular weight excluding hydrogens is 823 g/mol. The number of pyridine rings is 1. The van der Waals surface area contributed by atoms with Gasteiger partial charge in [-0.15, -0.1) is 0 Å². The van der Waals surface area contributed by atoms with Crippen molar-refractivity contribution in [3.05, 3.63) is 77.6 Å². The van der Waals surface area contributed by atoms with Crippen LogP contribution in [-0.4, -0.2) is 126 Å². The number of hydrogen-bond acceptors (Lipinski definition) is 10. The van der Waals surface area contributed by atoms with Crippen LogP contribution in [-0.2, 0) is 52.8 Å². The van der Waals surface area contributed by atoms with Crippen LogP contribution in [0.5, 0.6) is 0 Å². The van der Waals surface area contributed by atoms with Gasteiger partial charge in [0.25, 0.3) is 5.91 Å².